The van der Waals surface area contributed by atoms with E-state index in [2.05, 4.69) is 25.6 Å². The van der Waals surface area contributed by atoms with Crippen LogP contribution < -0.4 is 10.6 Å². The smallest absolute Gasteiger partial charge is 0.225 e. The van der Waals surface area contributed by atoms with E-state index in [1.807, 2.05) is 19.1 Å². The Morgan fingerprint density at radius 3 is 2.75 bits per heavy atom. The summed E-state index contributed by atoms with van der Waals surface area (Å²) in [6, 6.07) is 9.98. The summed E-state index contributed by atoms with van der Waals surface area (Å²) in [5.41, 5.74) is 2.24. The summed E-state index contributed by atoms with van der Waals surface area (Å²) < 4.78 is 13.3. The molecule has 7 heteroatoms. The first-order chi connectivity index (χ1) is 11.7. The second-order valence-corrected chi connectivity index (χ2v) is 5.40. The highest BCUT2D eigenvalue weighted by molar-refractivity contribution is 6.31. The van der Waals surface area contributed by atoms with E-state index in [0.29, 0.717) is 24.0 Å². The van der Waals surface area contributed by atoms with Crippen LogP contribution in [0, 0.1) is 5.82 Å². The third-order valence-corrected chi connectivity index (χ3v) is 3.50. The molecule has 3 aromatic rings. The van der Waals surface area contributed by atoms with E-state index in [9.17, 15) is 4.39 Å². The van der Waals surface area contributed by atoms with Gasteiger partial charge in [-0.05, 0) is 37.3 Å². The van der Waals surface area contributed by atoms with Crippen molar-refractivity contribution in [3.05, 3.63) is 59.6 Å². The van der Waals surface area contributed by atoms with Crippen molar-refractivity contribution in [1.29, 1.82) is 0 Å². The van der Waals surface area contributed by atoms with Crippen molar-refractivity contribution in [3.63, 3.8) is 0 Å². The molecule has 0 atom stereocenters. The third-order valence-electron chi connectivity index (χ3n) is 3.21. The molecule has 0 bridgehead atoms. The molecule has 24 heavy (non-hydrogen) atoms. The van der Waals surface area contributed by atoms with Gasteiger partial charge in [-0.25, -0.2) is 9.37 Å². The lowest BCUT2D eigenvalue weighted by Crippen LogP contribution is -2.05. The SMILES string of the molecule is CCNc1nc(Nc2ccc(F)c(Cl)c2)cc(-c2cccnc2)n1. The number of rotatable bonds is 5. The Balaban J connectivity index is 1.97. The van der Waals surface area contributed by atoms with Gasteiger partial charge in [-0.1, -0.05) is 11.6 Å². The van der Waals surface area contributed by atoms with Crippen molar-refractivity contribution < 1.29 is 4.39 Å². The fraction of sp³-hybridized carbons (Fsp3) is 0.118. The standard InChI is InChI=1S/C17H15ClFN5/c1-2-21-17-23-15(11-4-3-7-20-10-11)9-16(24-17)22-12-5-6-14(19)13(18)8-12/h3-10H,2H2,1H3,(H2,21,22,23,24). The number of benzene rings is 1. The second-order valence-electron chi connectivity index (χ2n) is 4.99. The van der Waals surface area contributed by atoms with Gasteiger partial charge >= 0.3 is 0 Å². The molecule has 0 aliphatic carbocycles. The van der Waals surface area contributed by atoms with Crippen LogP contribution >= 0.6 is 11.6 Å². The Morgan fingerprint density at radius 1 is 1.17 bits per heavy atom. The maximum atomic E-state index is 13.3. The molecule has 0 fully saturated rings. The molecule has 0 saturated carbocycles. The number of nitrogens with one attached hydrogen (secondary N) is 2. The van der Waals surface area contributed by atoms with E-state index in [4.69, 9.17) is 11.6 Å². The fourth-order valence-corrected chi connectivity index (χ4v) is 2.31. The Labute approximate surface area is 144 Å². The van der Waals surface area contributed by atoms with Crippen molar-refractivity contribution in [3.8, 4) is 11.3 Å². The summed E-state index contributed by atoms with van der Waals surface area (Å²) in [6.07, 6.45) is 3.44. The highest BCUT2D eigenvalue weighted by atomic mass is 35.5. The van der Waals surface area contributed by atoms with Gasteiger partial charge in [-0.3, -0.25) is 4.98 Å². The maximum Gasteiger partial charge on any atom is 0.225 e. The minimum Gasteiger partial charge on any atom is -0.354 e. The molecule has 0 aliphatic rings. The second kappa shape index (κ2) is 7.23. The Morgan fingerprint density at radius 2 is 2.04 bits per heavy atom. The molecule has 1 aromatic carbocycles. The van der Waals surface area contributed by atoms with Gasteiger partial charge in [0.05, 0.1) is 10.7 Å². The molecule has 5 nitrogen and oxygen atoms in total. The van der Waals surface area contributed by atoms with Crippen LogP contribution in [0.5, 0.6) is 0 Å². The van der Waals surface area contributed by atoms with Gasteiger partial charge in [0.25, 0.3) is 0 Å². The lowest BCUT2D eigenvalue weighted by atomic mass is 10.2. The molecular weight excluding hydrogens is 329 g/mol. The first-order valence-corrected chi connectivity index (χ1v) is 7.79. The van der Waals surface area contributed by atoms with Gasteiger partial charge in [-0.15, -0.1) is 0 Å². The van der Waals surface area contributed by atoms with E-state index in [0.717, 1.165) is 11.3 Å². The largest absolute Gasteiger partial charge is 0.354 e. The zero-order chi connectivity index (χ0) is 16.9. The van der Waals surface area contributed by atoms with E-state index in [-0.39, 0.29) is 5.02 Å². The quantitative estimate of drug-likeness (QED) is 0.713. The van der Waals surface area contributed by atoms with Crippen molar-refractivity contribution >= 4 is 29.1 Å². The molecule has 0 unspecified atom stereocenters. The van der Waals surface area contributed by atoms with Crippen LogP contribution in [0.25, 0.3) is 11.3 Å². The van der Waals surface area contributed by atoms with Crippen LogP contribution in [-0.4, -0.2) is 21.5 Å². The number of hydrogen-bond acceptors (Lipinski definition) is 5. The number of halogens is 2. The Hall–Kier alpha value is -2.73. The monoisotopic (exact) mass is 343 g/mol. The summed E-state index contributed by atoms with van der Waals surface area (Å²) >= 11 is 5.82. The summed E-state index contributed by atoms with van der Waals surface area (Å²) in [5, 5.41) is 6.26. The van der Waals surface area contributed by atoms with Crippen LogP contribution in [0.1, 0.15) is 6.92 Å². The van der Waals surface area contributed by atoms with Gasteiger partial charge in [-0.2, -0.15) is 4.98 Å². The predicted molar refractivity (Wildman–Crippen MR) is 94.1 cm³/mol. The van der Waals surface area contributed by atoms with E-state index >= 15 is 0 Å². The average Bonchev–Trinajstić information content (AvgIpc) is 2.59. The maximum absolute atomic E-state index is 13.3. The van der Waals surface area contributed by atoms with Crippen molar-refractivity contribution in [2.75, 3.05) is 17.2 Å². The van der Waals surface area contributed by atoms with Crippen molar-refractivity contribution in [1.82, 2.24) is 15.0 Å². The van der Waals surface area contributed by atoms with E-state index in [1.165, 1.54) is 12.1 Å². The van der Waals surface area contributed by atoms with Crippen LogP contribution in [-0.2, 0) is 0 Å². The number of pyridine rings is 1. The van der Waals surface area contributed by atoms with Gasteiger partial charge in [0, 0.05) is 36.3 Å². The van der Waals surface area contributed by atoms with Crippen LogP contribution in [0.15, 0.2) is 48.8 Å². The molecule has 0 saturated heterocycles. The first-order valence-electron chi connectivity index (χ1n) is 7.41. The summed E-state index contributed by atoms with van der Waals surface area (Å²) in [6.45, 7) is 2.66. The molecule has 122 valence electrons. The highest BCUT2D eigenvalue weighted by Crippen LogP contribution is 2.25. The lowest BCUT2D eigenvalue weighted by molar-refractivity contribution is 0.628. The van der Waals surface area contributed by atoms with Crippen LogP contribution in [0.4, 0.5) is 21.8 Å². The van der Waals surface area contributed by atoms with Crippen molar-refractivity contribution in [2.45, 2.75) is 6.92 Å². The van der Waals surface area contributed by atoms with Crippen LogP contribution in [0.2, 0.25) is 5.02 Å². The third kappa shape index (κ3) is 3.78. The van der Waals surface area contributed by atoms with E-state index < -0.39 is 5.82 Å². The summed E-state index contributed by atoms with van der Waals surface area (Å²) in [5.74, 6) is 0.603. The van der Waals surface area contributed by atoms with E-state index in [1.54, 1.807) is 24.5 Å². The summed E-state index contributed by atoms with van der Waals surface area (Å²) in [7, 11) is 0. The molecule has 0 spiro atoms. The van der Waals surface area contributed by atoms with Gasteiger partial charge < -0.3 is 10.6 Å². The molecule has 0 aliphatic heterocycles. The molecule has 3 rings (SSSR count). The molecule has 2 heterocycles. The number of aromatic nitrogens is 3. The minimum absolute atomic E-state index is 0.0495. The summed E-state index contributed by atoms with van der Waals surface area (Å²) in [4.78, 5) is 13.0. The Kier molecular flexibility index (Phi) is 4.86. The Bertz CT molecular complexity index is 842. The zero-order valence-electron chi connectivity index (χ0n) is 12.9. The highest BCUT2D eigenvalue weighted by Gasteiger charge is 2.08. The molecule has 2 N–H and O–H groups in total. The lowest BCUT2D eigenvalue weighted by Gasteiger charge is -2.11. The number of nitrogens with zero attached hydrogens (tertiary/aromatic N) is 3. The molecule has 0 amide bonds. The molecule has 2 aromatic heterocycles. The normalized spacial score (nSPS) is 10.5. The van der Waals surface area contributed by atoms with Gasteiger partial charge in [0.1, 0.15) is 11.6 Å². The van der Waals surface area contributed by atoms with Gasteiger partial charge in [0.15, 0.2) is 0 Å². The topological polar surface area (TPSA) is 62.7 Å². The van der Waals surface area contributed by atoms with Crippen LogP contribution in [0.3, 0.4) is 0 Å². The number of anilines is 3. The predicted octanol–water partition coefficient (Wildman–Crippen LogP) is 4.51. The number of hydrogen-bond donors (Lipinski definition) is 2. The van der Waals surface area contributed by atoms with Gasteiger partial charge in [0.2, 0.25) is 5.95 Å². The average molecular weight is 344 g/mol. The molecule has 0 radical (unpaired) electrons. The van der Waals surface area contributed by atoms with Crippen molar-refractivity contribution in [2.24, 2.45) is 0 Å². The fourth-order valence-electron chi connectivity index (χ4n) is 2.13. The minimum atomic E-state index is -0.464. The zero-order valence-corrected chi connectivity index (χ0v) is 13.7. The first kappa shape index (κ1) is 16.1. The molecular formula is C17H15ClFN5.